The fraction of sp³-hybridized carbons (Fsp3) is 0.308. The molecule has 2 aromatic rings. The maximum Gasteiger partial charge on any atom is 0.128 e. The Labute approximate surface area is 101 Å². The van der Waals surface area contributed by atoms with Crippen molar-refractivity contribution in [2.75, 3.05) is 17.2 Å². The minimum Gasteiger partial charge on any atom is -0.465 e. The molecule has 90 valence electrons. The number of anilines is 2. The van der Waals surface area contributed by atoms with Crippen molar-refractivity contribution in [3.63, 3.8) is 0 Å². The highest BCUT2D eigenvalue weighted by Gasteiger charge is 2.00. The van der Waals surface area contributed by atoms with E-state index in [9.17, 15) is 0 Å². The summed E-state index contributed by atoms with van der Waals surface area (Å²) in [6, 6.07) is 9.79. The van der Waals surface area contributed by atoms with Gasteiger partial charge in [0.05, 0.1) is 6.54 Å². The van der Waals surface area contributed by atoms with Gasteiger partial charge in [-0.15, -0.1) is 0 Å². The number of rotatable bonds is 5. The van der Waals surface area contributed by atoms with Gasteiger partial charge in [0.25, 0.3) is 0 Å². The normalized spacial score (nSPS) is 10.2. The Morgan fingerprint density at radius 2 is 1.88 bits per heavy atom. The van der Waals surface area contributed by atoms with Crippen LogP contribution in [-0.2, 0) is 6.54 Å². The molecule has 0 unspecified atom stereocenters. The molecule has 2 N–H and O–H groups in total. The molecular weight excluding hydrogens is 214 g/mol. The van der Waals surface area contributed by atoms with E-state index in [1.54, 1.807) is 0 Å². The third kappa shape index (κ3) is 3.24. The molecule has 0 radical (unpaired) electrons. The second kappa shape index (κ2) is 5.39. The zero-order valence-corrected chi connectivity index (χ0v) is 10.2. The van der Waals surface area contributed by atoms with Crippen molar-refractivity contribution in [3.8, 4) is 0 Å². The van der Waals surface area contributed by atoms with Crippen molar-refractivity contribution in [1.82, 2.24) is 4.98 Å². The summed E-state index contributed by atoms with van der Waals surface area (Å²) in [5, 5.41) is 6.40. The lowest BCUT2D eigenvalue weighted by Gasteiger charge is -2.06. The van der Waals surface area contributed by atoms with Gasteiger partial charge in [0.2, 0.25) is 0 Å². The number of nitrogens with zero attached hydrogens (tertiary/aromatic N) is 1. The standard InChI is InChI=1S/C13H17N3O/c1-3-14-12-5-4-6-13(16-12)15-9-11-8-7-10(2)17-11/h4-8H,3,9H2,1-2H3,(H2,14,15,16). The van der Waals surface area contributed by atoms with E-state index in [1.165, 1.54) is 0 Å². The maximum absolute atomic E-state index is 5.48. The van der Waals surface area contributed by atoms with Crippen LogP contribution in [0.5, 0.6) is 0 Å². The van der Waals surface area contributed by atoms with Crippen LogP contribution in [0, 0.1) is 6.92 Å². The SMILES string of the molecule is CCNc1cccc(NCc2ccc(C)o2)n1. The summed E-state index contributed by atoms with van der Waals surface area (Å²) in [4.78, 5) is 4.42. The first-order valence-corrected chi connectivity index (χ1v) is 5.78. The van der Waals surface area contributed by atoms with Gasteiger partial charge in [0.1, 0.15) is 23.2 Å². The van der Waals surface area contributed by atoms with Crippen LogP contribution >= 0.6 is 0 Å². The highest BCUT2D eigenvalue weighted by molar-refractivity contribution is 5.45. The molecule has 0 aliphatic rings. The van der Waals surface area contributed by atoms with Crippen LogP contribution in [0.1, 0.15) is 18.4 Å². The zero-order valence-electron chi connectivity index (χ0n) is 10.2. The van der Waals surface area contributed by atoms with Crippen LogP contribution in [0.3, 0.4) is 0 Å². The zero-order chi connectivity index (χ0) is 12.1. The highest BCUT2D eigenvalue weighted by Crippen LogP contribution is 2.12. The van der Waals surface area contributed by atoms with Crippen molar-refractivity contribution in [3.05, 3.63) is 41.9 Å². The number of hydrogen-bond donors (Lipinski definition) is 2. The smallest absolute Gasteiger partial charge is 0.128 e. The second-order valence-electron chi connectivity index (χ2n) is 3.80. The van der Waals surface area contributed by atoms with Crippen LogP contribution in [0.2, 0.25) is 0 Å². The third-order valence-electron chi connectivity index (χ3n) is 2.35. The van der Waals surface area contributed by atoms with E-state index in [-0.39, 0.29) is 0 Å². The second-order valence-corrected chi connectivity index (χ2v) is 3.80. The number of pyridine rings is 1. The Hall–Kier alpha value is -1.97. The van der Waals surface area contributed by atoms with Crippen molar-refractivity contribution >= 4 is 11.6 Å². The van der Waals surface area contributed by atoms with Gasteiger partial charge >= 0.3 is 0 Å². The predicted molar refractivity (Wildman–Crippen MR) is 69.2 cm³/mol. The van der Waals surface area contributed by atoms with Gasteiger partial charge in [-0.1, -0.05) is 6.07 Å². The van der Waals surface area contributed by atoms with Gasteiger partial charge in [0.15, 0.2) is 0 Å². The lowest BCUT2D eigenvalue weighted by atomic mass is 10.4. The average Bonchev–Trinajstić information content (AvgIpc) is 2.74. The molecule has 0 spiro atoms. The molecule has 0 saturated carbocycles. The molecule has 2 rings (SSSR count). The fourth-order valence-corrected chi connectivity index (χ4v) is 1.57. The minimum atomic E-state index is 0.649. The lowest BCUT2D eigenvalue weighted by Crippen LogP contribution is -2.03. The number of aromatic nitrogens is 1. The van der Waals surface area contributed by atoms with Gasteiger partial charge < -0.3 is 15.1 Å². The van der Waals surface area contributed by atoms with Crippen LogP contribution in [0.25, 0.3) is 0 Å². The molecule has 4 heteroatoms. The van der Waals surface area contributed by atoms with E-state index in [1.807, 2.05) is 44.2 Å². The van der Waals surface area contributed by atoms with Crippen molar-refractivity contribution < 1.29 is 4.42 Å². The summed E-state index contributed by atoms with van der Waals surface area (Å²) < 4.78 is 5.48. The summed E-state index contributed by atoms with van der Waals surface area (Å²) >= 11 is 0. The number of furan rings is 1. The summed E-state index contributed by atoms with van der Waals surface area (Å²) in [5.74, 6) is 3.57. The molecule has 0 aliphatic carbocycles. The Kier molecular flexibility index (Phi) is 3.65. The fourth-order valence-electron chi connectivity index (χ4n) is 1.57. The van der Waals surface area contributed by atoms with Gasteiger partial charge in [-0.2, -0.15) is 0 Å². The minimum absolute atomic E-state index is 0.649. The van der Waals surface area contributed by atoms with Crippen molar-refractivity contribution in [1.29, 1.82) is 0 Å². The summed E-state index contributed by atoms with van der Waals surface area (Å²) in [7, 11) is 0. The van der Waals surface area contributed by atoms with Crippen LogP contribution in [-0.4, -0.2) is 11.5 Å². The molecule has 4 nitrogen and oxygen atoms in total. The maximum atomic E-state index is 5.48. The molecule has 0 aliphatic heterocycles. The highest BCUT2D eigenvalue weighted by atomic mass is 16.3. The average molecular weight is 231 g/mol. The Morgan fingerprint density at radius 1 is 1.12 bits per heavy atom. The topological polar surface area (TPSA) is 50.1 Å². The summed E-state index contributed by atoms with van der Waals surface area (Å²) in [6.45, 7) is 5.51. The molecule has 0 atom stereocenters. The number of aryl methyl sites for hydroxylation is 1. The monoisotopic (exact) mass is 231 g/mol. The predicted octanol–water partition coefficient (Wildman–Crippen LogP) is 3.03. The van der Waals surface area contributed by atoms with E-state index in [0.29, 0.717) is 6.54 Å². The van der Waals surface area contributed by atoms with Gasteiger partial charge in [0, 0.05) is 6.54 Å². The Balaban J connectivity index is 1.96. The van der Waals surface area contributed by atoms with Gasteiger partial charge in [-0.3, -0.25) is 0 Å². The molecule has 0 aromatic carbocycles. The molecular formula is C13H17N3O. The quantitative estimate of drug-likeness (QED) is 0.830. The Morgan fingerprint density at radius 3 is 2.53 bits per heavy atom. The molecule has 2 aromatic heterocycles. The van der Waals surface area contributed by atoms with E-state index < -0.39 is 0 Å². The molecule has 2 heterocycles. The molecule has 0 amide bonds. The van der Waals surface area contributed by atoms with Gasteiger partial charge in [-0.25, -0.2) is 4.98 Å². The number of hydrogen-bond acceptors (Lipinski definition) is 4. The summed E-state index contributed by atoms with van der Waals surface area (Å²) in [6.07, 6.45) is 0. The largest absolute Gasteiger partial charge is 0.465 e. The van der Waals surface area contributed by atoms with Crippen molar-refractivity contribution in [2.24, 2.45) is 0 Å². The van der Waals surface area contributed by atoms with E-state index in [0.717, 1.165) is 29.7 Å². The van der Waals surface area contributed by atoms with E-state index >= 15 is 0 Å². The van der Waals surface area contributed by atoms with Crippen LogP contribution in [0.15, 0.2) is 34.7 Å². The van der Waals surface area contributed by atoms with Crippen LogP contribution in [0.4, 0.5) is 11.6 Å². The molecule has 0 bridgehead atoms. The third-order valence-corrected chi connectivity index (χ3v) is 2.35. The van der Waals surface area contributed by atoms with Gasteiger partial charge in [-0.05, 0) is 38.1 Å². The van der Waals surface area contributed by atoms with E-state index in [2.05, 4.69) is 15.6 Å². The number of nitrogens with one attached hydrogen (secondary N) is 2. The Bertz CT molecular complexity index is 479. The molecule has 0 saturated heterocycles. The van der Waals surface area contributed by atoms with Crippen LogP contribution < -0.4 is 10.6 Å². The van der Waals surface area contributed by atoms with Crippen molar-refractivity contribution in [2.45, 2.75) is 20.4 Å². The lowest BCUT2D eigenvalue weighted by molar-refractivity contribution is 0.490. The first-order chi connectivity index (χ1) is 8.28. The molecule has 0 fully saturated rings. The first kappa shape index (κ1) is 11.5. The first-order valence-electron chi connectivity index (χ1n) is 5.78. The molecule has 17 heavy (non-hydrogen) atoms. The summed E-state index contributed by atoms with van der Waals surface area (Å²) in [5.41, 5.74) is 0. The van der Waals surface area contributed by atoms with E-state index in [4.69, 9.17) is 4.42 Å².